The van der Waals surface area contributed by atoms with E-state index in [1.807, 2.05) is 0 Å². The van der Waals surface area contributed by atoms with Gasteiger partial charge in [-0.25, -0.2) is 8.42 Å². The van der Waals surface area contributed by atoms with E-state index in [0.29, 0.717) is 18.8 Å². The predicted molar refractivity (Wildman–Crippen MR) is 72.6 cm³/mol. The van der Waals surface area contributed by atoms with Gasteiger partial charge in [0, 0.05) is 19.2 Å². The van der Waals surface area contributed by atoms with Gasteiger partial charge >= 0.3 is 0 Å². The van der Waals surface area contributed by atoms with E-state index in [2.05, 4.69) is 15.9 Å². The molecule has 3 heterocycles. The van der Waals surface area contributed by atoms with Gasteiger partial charge in [-0.15, -0.1) is 11.6 Å². The third-order valence-corrected chi connectivity index (χ3v) is 6.42. The molecule has 106 valence electrons. The van der Waals surface area contributed by atoms with Gasteiger partial charge in [-0.05, 0) is 28.8 Å². The van der Waals surface area contributed by atoms with Crippen LogP contribution in [0.25, 0.3) is 0 Å². The van der Waals surface area contributed by atoms with Crippen LogP contribution in [0.5, 0.6) is 0 Å². The summed E-state index contributed by atoms with van der Waals surface area (Å²) in [6.07, 6.45) is 1.89. The molecular weight excluding hydrogens is 358 g/mol. The number of morpholine rings is 1. The number of fused-ring (bicyclic) bond motifs is 2. The fourth-order valence-corrected chi connectivity index (χ4v) is 5.15. The van der Waals surface area contributed by atoms with Gasteiger partial charge in [0.2, 0.25) is 10.0 Å². The van der Waals surface area contributed by atoms with Gasteiger partial charge in [-0.1, -0.05) is 0 Å². The van der Waals surface area contributed by atoms with Crippen molar-refractivity contribution in [1.29, 1.82) is 0 Å². The fourth-order valence-electron chi connectivity index (χ4n) is 2.55. The van der Waals surface area contributed by atoms with Crippen molar-refractivity contribution in [2.45, 2.75) is 35.8 Å². The molecule has 2 bridgehead atoms. The van der Waals surface area contributed by atoms with Crippen LogP contribution >= 0.6 is 27.5 Å². The Kier molecular flexibility index (Phi) is 3.68. The van der Waals surface area contributed by atoms with Crippen LogP contribution in [0.1, 0.15) is 18.6 Å². The van der Waals surface area contributed by atoms with E-state index in [1.54, 1.807) is 0 Å². The minimum atomic E-state index is -3.55. The lowest BCUT2D eigenvalue weighted by molar-refractivity contribution is -0.0114. The number of hydrogen-bond donors (Lipinski definition) is 0. The van der Waals surface area contributed by atoms with Crippen molar-refractivity contribution in [3.63, 3.8) is 0 Å². The lowest BCUT2D eigenvalue weighted by Crippen LogP contribution is -2.45. The molecule has 1 aromatic heterocycles. The Balaban J connectivity index is 1.91. The molecular formula is C11H13BrClNO4S. The molecule has 2 saturated heterocycles. The first-order chi connectivity index (χ1) is 9.00. The summed E-state index contributed by atoms with van der Waals surface area (Å²) in [5.41, 5.74) is 0. The summed E-state index contributed by atoms with van der Waals surface area (Å²) < 4.78 is 37.8. The minimum absolute atomic E-state index is 0.0201. The smallest absolute Gasteiger partial charge is 0.247 e. The molecule has 3 rings (SSSR count). The van der Waals surface area contributed by atoms with Crippen LogP contribution in [0.2, 0.25) is 0 Å². The molecule has 8 heteroatoms. The average molecular weight is 371 g/mol. The van der Waals surface area contributed by atoms with Gasteiger partial charge in [0.15, 0.2) is 4.67 Å². The van der Waals surface area contributed by atoms with Crippen molar-refractivity contribution in [2.24, 2.45) is 0 Å². The maximum absolute atomic E-state index is 12.6. The lowest BCUT2D eigenvalue weighted by Gasteiger charge is -2.30. The third-order valence-electron chi connectivity index (χ3n) is 3.47. The van der Waals surface area contributed by atoms with E-state index < -0.39 is 10.0 Å². The SMILES string of the molecule is O=S(=O)(c1cc(CCl)oc1Br)N1CC2CCC(C1)O2. The van der Waals surface area contributed by atoms with Gasteiger partial charge < -0.3 is 9.15 Å². The van der Waals surface area contributed by atoms with E-state index in [-0.39, 0.29) is 27.7 Å². The molecule has 0 N–H and O–H groups in total. The van der Waals surface area contributed by atoms with Gasteiger partial charge in [0.05, 0.1) is 18.1 Å². The second kappa shape index (κ2) is 5.04. The minimum Gasteiger partial charge on any atom is -0.452 e. The van der Waals surface area contributed by atoms with Crippen LogP contribution in [0.15, 0.2) is 20.0 Å². The Hall–Kier alpha value is -0.0800. The average Bonchev–Trinajstić information content (AvgIpc) is 2.92. The van der Waals surface area contributed by atoms with Crippen molar-refractivity contribution < 1.29 is 17.6 Å². The summed E-state index contributed by atoms with van der Waals surface area (Å²) in [6, 6.07) is 1.48. The first kappa shape index (κ1) is 13.9. The summed E-state index contributed by atoms with van der Waals surface area (Å²) in [5, 5.41) is 0. The van der Waals surface area contributed by atoms with E-state index in [9.17, 15) is 8.42 Å². The Bertz CT molecular complexity index is 576. The van der Waals surface area contributed by atoms with Gasteiger partial charge in [-0.2, -0.15) is 4.31 Å². The van der Waals surface area contributed by atoms with Crippen molar-refractivity contribution >= 4 is 37.6 Å². The molecule has 5 nitrogen and oxygen atoms in total. The highest BCUT2D eigenvalue weighted by Gasteiger charge is 2.40. The normalized spacial score (nSPS) is 27.9. The van der Waals surface area contributed by atoms with E-state index >= 15 is 0 Å². The quantitative estimate of drug-likeness (QED) is 0.766. The highest BCUT2D eigenvalue weighted by molar-refractivity contribution is 9.10. The number of rotatable bonds is 3. The Morgan fingerprint density at radius 1 is 1.37 bits per heavy atom. The maximum Gasteiger partial charge on any atom is 0.247 e. The van der Waals surface area contributed by atoms with E-state index in [1.165, 1.54) is 10.4 Å². The summed E-state index contributed by atoms with van der Waals surface area (Å²) in [4.78, 5) is 0.143. The fraction of sp³-hybridized carbons (Fsp3) is 0.636. The molecule has 1 aromatic rings. The summed E-state index contributed by atoms with van der Waals surface area (Å²) in [7, 11) is -3.55. The molecule has 0 saturated carbocycles. The number of furan rings is 1. The maximum atomic E-state index is 12.6. The molecule has 0 amide bonds. The van der Waals surface area contributed by atoms with Gasteiger partial charge in [0.25, 0.3) is 0 Å². The highest BCUT2D eigenvalue weighted by Crippen LogP contribution is 2.33. The highest BCUT2D eigenvalue weighted by atomic mass is 79.9. The summed E-state index contributed by atoms with van der Waals surface area (Å²) in [5.74, 6) is 0.575. The first-order valence-corrected chi connectivity index (χ1v) is 8.77. The van der Waals surface area contributed by atoms with Crippen LogP contribution < -0.4 is 0 Å². The van der Waals surface area contributed by atoms with Crippen molar-refractivity contribution in [3.05, 3.63) is 16.5 Å². The van der Waals surface area contributed by atoms with E-state index in [0.717, 1.165) is 12.8 Å². The molecule has 19 heavy (non-hydrogen) atoms. The van der Waals surface area contributed by atoms with Crippen LogP contribution in [0.4, 0.5) is 0 Å². The summed E-state index contributed by atoms with van der Waals surface area (Å²) in [6.45, 7) is 0.819. The topological polar surface area (TPSA) is 59.8 Å². The molecule has 2 fully saturated rings. The van der Waals surface area contributed by atoms with Crippen molar-refractivity contribution in [1.82, 2.24) is 4.31 Å². The summed E-state index contributed by atoms with van der Waals surface area (Å²) >= 11 is 8.81. The zero-order valence-corrected chi connectivity index (χ0v) is 13.2. The monoisotopic (exact) mass is 369 g/mol. The number of hydrogen-bond acceptors (Lipinski definition) is 4. The second-order valence-corrected chi connectivity index (χ2v) is 7.66. The molecule has 2 unspecified atom stereocenters. The van der Waals surface area contributed by atoms with E-state index in [4.69, 9.17) is 20.8 Å². The van der Waals surface area contributed by atoms with Gasteiger partial charge in [0.1, 0.15) is 10.7 Å². The first-order valence-electron chi connectivity index (χ1n) is 6.00. The standard InChI is InChI=1S/C11H13BrClNO4S/c12-11-10(3-9(4-13)18-11)19(15,16)14-5-7-1-2-8(6-14)17-7/h3,7-8H,1-2,4-6H2. The number of halogens is 2. The molecule has 2 aliphatic rings. The Morgan fingerprint density at radius 3 is 2.53 bits per heavy atom. The van der Waals surface area contributed by atoms with Crippen molar-refractivity contribution in [3.8, 4) is 0 Å². The number of nitrogens with zero attached hydrogens (tertiary/aromatic N) is 1. The number of alkyl halides is 1. The number of sulfonamides is 1. The van der Waals surface area contributed by atoms with Crippen LogP contribution in [0.3, 0.4) is 0 Å². The second-order valence-electron chi connectivity index (χ2n) is 4.76. The van der Waals surface area contributed by atoms with Crippen LogP contribution in [0, 0.1) is 0 Å². The molecule has 0 spiro atoms. The van der Waals surface area contributed by atoms with Crippen LogP contribution in [-0.2, 0) is 20.6 Å². The number of ether oxygens (including phenoxy) is 1. The Labute approximate surface area is 125 Å². The third kappa shape index (κ3) is 2.47. The van der Waals surface area contributed by atoms with Crippen molar-refractivity contribution in [2.75, 3.05) is 13.1 Å². The molecule has 2 atom stereocenters. The zero-order valence-electron chi connectivity index (χ0n) is 10.0. The Morgan fingerprint density at radius 2 is 2.00 bits per heavy atom. The lowest BCUT2D eigenvalue weighted by atomic mass is 10.2. The molecule has 2 aliphatic heterocycles. The largest absolute Gasteiger partial charge is 0.452 e. The molecule has 0 aromatic carbocycles. The molecule has 0 radical (unpaired) electrons. The van der Waals surface area contributed by atoms with Gasteiger partial charge in [-0.3, -0.25) is 0 Å². The molecule has 0 aliphatic carbocycles. The van der Waals surface area contributed by atoms with Crippen LogP contribution in [-0.4, -0.2) is 38.0 Å². The predicted octanol–water partition coefficient (Wildman–Crippen LogP) is 2.33. The zero-order chi connectivity index (χ0) is 13.6.